The van der Waals surface area contributed by atoms with Crippen molar-refractivity contribution < 1.29 is 4.74 Å². The number of hydrogen-bond donors (Lipinski definition) is 2. The highest BCUT2D eigenvalue weighted by molar-refractivity contribution is 5.37. The molecule has 0 spiro atoms. The van der Waals surface area contributed by atoms with Gasteiger partial charge in [-0.15, -0.1) is 0 Å². The van der Waals surface area contributed by atoms with E-state index < -0.39 is 0 Å². The topological polar surface area (TPSA) is 61.3 Å². The highest BCUT2D eigenvalue weighted by atomic mass is 16.5. The first kappa shape index (κ1) is 15.0. The molecule has 1 aromatic carbocycles. The molecular weight excluding hydrogens is 224 g/mol. The lowest BCUT2D eigenvalue weighted by atomic mass is 9.87. The summed E-state index contributed by atoms with van der Waals surface area (Å²) in [4.78, 5) is 0. The molecule has 18 heavy (non-hydrogen) atoms. The zero-order valence-electron chi connectivity index (χ0n) is 11.8. The van der Waals surface area contributed by atoms with Crippen LogP contribution in [0.2, 0.25) is 0 Å². The molecule has 0 saturated carbocycles. The Labute approximate surface area is 111 Å². The van der Waals surface area contributed by atoms with Gasteiger partial charge in [0.2, 0.25) is 0 Å². The van der Waals surface area contributed by atoms with Crippen molar-refractivity contribution in [3.05, 3.63) is 29.3 Å². The average Bonchev–Trinajstić information content (AvgIpc) is 2.40. The van der Waals surface area contributed by atoms with Gasteiger partial charge in [-0.2, -0.15) is 0 Å². The minimum absolute atomic E-state index is 0.375. The summed E-state index contributed by atoms with van der Waals surface area (Å²) in [6, 6.07) is 6.41. The minimum Gasteiger partial charge on any atom is -0.496 e. The number of ether oxygens (including phenoxy) is 1. The Morgan fingerprint density at radius 1 is 1.22 bits per heavy atom. The largest absolute Gasteiger partial charge is 0.496 e. The van der Waals surface area contributed by atoms with Crippen LogP contribution in [-0.2, 0) is 12.8 Å². The third-order valence-electron chi connectivity index (χ3n) is 3.71. The quantitative estimate of drug-likeness (QED) is 0.777. The molecule has 1 unspecified atom stereocenters. The Hall–Kier alpha value is -1.06. The lowest BCUT2D eigenvalue weighted by molar-refractivity contribution is 0.360. The van der Waals surface area contributed by atoms with Crippen molar-refractivity contribution in [2.45, 2.75) is 26.7 Å². The molecule has 4 N–H and O–H groups in total. The molecular formula is C15H26N2O. The van der Waals surface area contributed by atoms with Crippen LogP contribution in [0.1, 0.15) is 25.0 Å². The Morgan fingerprint density at radius 2 is 1.89 bits per heavy atom. The fraction of sp³-hybridized carbons (Fsp3) is 0.600. The second-order valence-corrected chi connectivity index (χ2v) is 4.91. The zero-order chi connectivity index (χ0) is 13.5. The minimum atomic E-state index is 0.375. The van der Waals surface area contributed by atoms with Crippen LogP contribution in [0.4, 0.5) is 0 Å². The van der Waals surface area contributed by atoms with Gasteiger partial charge in [-0.1, -0.05) is 26.0 Å². The second-order valence-electron chi connectivity index (χ2n) is 4.91. The standard InChI is InChI=1S/C15H26N2O/c1-4-12-5-6-15(18-3)13(8-12)7-11(2)14(9-16)10-17/h5-6,8,11,14H,4,7,9-10,16-17H2,1-3H3. The van der Waals surface area contributed by atoms with Gasteiger partial charge in [-0.25, -0.2) is 0 Å². The van der Waals surface area contributed by atoms with Crippen LogP contribution >= 0.6 is 0 Å². The number of methoxy groups -OCH3 is 1. The molecule has 0 aliphatic rings. The van der Waals surface area contributed by atoms with E-state index >= 15 is 0 Å². The second kappa shape index (κ2) is 7.39. The van der Waals surface area contributed by atoms with Gasteiger partial charge in [0, 0.05) is 0 Å². The van der Waals surface area contributed by atoms with E-state index in [2.05, 4.69) is 32.0 Å². The predicted octanol–water partition coefficient (Wildman–Crippen LogP) is 1.97. The Morgan fingerprint density at radius 3 is 2.39 bits per heavy atom. The van der Waals surface area contributed by atoms with E-state index in [9.17, 15) is 0 Å². The van der Waals surface area contributed by atoms with Crippen LogP contribution in [0.5, 0.6) is 5.75 Å². The van der Waals surface area contributed by atoms with Gasteiger partial charge < -0.3 is 16.2 Å². The van der Waals surface area contributed by atoms with E-state index in [-0.39, 0.29) is 0 Å². The number of aryl methyl sites for hydroxylation is 1. The molecule has 0 aromatic heterocycles. The molecule has 0 aliphatic carbocycles. The summed E-state index contributed by atoms with van der Waals surface area (Å²) >= 11 is 0. The molecule has 0 bridgehead atoms. The van der Waals surface area contributed by atoms with Crippen LogP contribution in [-0.4, -0.2) is 20.2 Å². The van der Waals surface area contributed by atoms with Crippen LogP contribution in [0.25, 0.3) is 0 Å². The van der Waals surface area contributed by atoms with Gasteiger partial charge in [0.15, 0.2) is 0 Å². The summed E-state index contributed by atoms with van der Waals surface area (Å²) in [5.74, 6) is 1.81. The normalized spacial score (nSPS) is 12.8. The first-order valence-electron chi connectivity index (χ1n) is 6.72. The molecule has 1 atom stereocenters. The maximum absolute atomic E-state index is 5.75. The van der Waals surface area contributed by atoms with Gasteiger partial charge in [-0.05, 0) is 55.0 Å². The molecule has 1 aromatic rings. The van der Waals surface area contributed by atoms with E-state index in [4.69, 9.17) is 16.2 Å². The van der Waals surface area contributed by atoms with Crippen molar-refractivity contribution >= 4 is 0 Å². The molecule has 1 rings (SSSR count). The SMILES string of the molecule is CCc1ccc(OC)c(CC(C)C(CN)CN)c1. The number of benzene rings is 1. The fourth-order valence-corrected chi connectivity index (χ4v) is 2.29. The summed E-state index contributed by atoms with van der Waals surface area (Å²) in [6.45, 7) is 5.67. The van der Waals surface area contributed by atoms with Gasteiger partial charge in [-0.3, -0.25) is 0 Å². The van der Waals surface area contributed by atoms with Crippen molar-refractivity contribution in [3.63, 3.8) is 0 Å². The fourth-order valence-electron chi connectivity index (χ4n) is 2.29. The lowest BCUT2D eigenvalue weighted by Gasteiger charge is -2.22. The first-order valence-corrected chi connectivity index (χ1v) is 6.72. The molecule has 0 aliphatic heterocycles. The van der Waals surface area contributed by atoms with Gasteiger partial charge in [0.25, 0.3) is 0 Å². The molecule has 0 saturated heterocycles. The monoisotopic (exact) mass is 250 g/mol. The summed E-state index contributed by atoms with van der Waals surface area (Å²) in [7, 11) is 1.72. The van der Waals surface area contributed by atoms with E-state index in [0.29, 0.717) is 24.9 Å². The first-order chi connectivity index (χ1) is 8.65. The molecule has 3 nitrogen and oxygen atoms in total. The van der Waals surface area contributed by atoms with E-state index in [1.165, 1.54) is 11.1 Å². The summed E-state index contributed by atoms with van der Waals surface area (Å²) in [6.07, 6.45) is 2.01. The molecule has 0 amide bonds. The van der Waals surface area contributed by atoms with Gasteiger partial charge >= 0.3 is 0 Å². The zero-order valence-corrected chi connectivity index (χ0v) is 11.8. The lowest BCUT2D eigenvalue weighted by Crippen LogP contribution is -2.30. The Kier molecular flexibility index (Phi) is 6.16. The summed E-state index contributed by atoms with van der Waals surface area (Å²) < 4.78 is 5.43. The smallest absolute Gasteiger partial charge is 0.122 e. The van der Waals surface area contributed by atoms with Crippen molar-refractivity contribution in [3.8, 4) is 5.75 Å². The van der Waals surface area contributed by atoms with E-state index in [0.717, 1.165) is 18.6 Å². The highest BCUT2D eigenvalue weighted by Crippen LogP contribution is 2.25. The van der Waals surface area contributed by atoms with E-state index in [1.807, 2.05) is 0 Å². The van der Waals surface area contributed by atoms with Crippen LogP contribution in [0.15, 0.2) is 18.2 Å². The summed E-state index contributed by atoms with van der Waals surface area (Å²) in [5.41, 5.74) is 14.1. The van der Waals surface area contributed by atoms with Crippen molar-refractivity contribution in [1.29, 1.82) is 0 Å². The summed E-state index contributed by atoms with van der Waals surface area (Å²) in [5, 5.41) is 0. The maximum Gasteiger partial charge on any atom is 0.122 e. The highest BCUT2D eigenvalue weighted by Gasteiger charge is 2.16. The number of rotatable bonds is 7. The van der Waals surface area contributed by atoms with Crippen LogP contribution in [0.3, 0.4) is 0 Å². The third kappa shape index (κ3) is 3.72. The van der Waals surface area contributed by atoms with Crippen molar-refractivity contribution in [2.24, 2.45) is 23.3 Å². The molecule has 0 heterocycles. The Bertz CT molecular complexity index is 362. The predicted molar refractivity (Wildman–Crippen MR) is 76.8 cm³/mol. The van der Waals surface area contributed by atoms with Crippen LogP contribution in [0, 0.1) is 11.8 Å². The third-order valence-corrected chi connectivity index (χ3v) is 3.71. The van der Waals surface area contributed by atoms with Crippen molar-refractivity contribution in [1.82, 2.24) is 0 Å². The molecule has 102 valence electrons. The number of hydrogen-bond acceptors (Lipinski definition) is 3. The maximum atomic E-state index is 5.75. The van der Waals surface area contributed by atoms with Crippen molar-refractivity contribution in [2.75, 3.05) is 20.2 Å². The number of nitrogens with two attached hydrogens (primary N) is 2. The molecule has 3 heteroatoms. The average molecular weight is 250 g/mol. The Balaban J connectivity index is 2.87. The molecule has 0 radical (unpaired) electrons. The van der Waals surface area contributed by atoms with E-state index in [1.54, 1.807) is 7.11 Å². The molecule has 0 fully saturated rings. The van der Waals surface area contributed by atoms with Gasteiger partial charge in [0.05, 0.1) is 7.11 Å². The van der Waals surface area contributed by atoms with Crippen LogP contribution < -0.4 is 16.2 Å². The van der Waals surface area contributed by atoms with Gasteiger partial charge in [0.1, 0.15) is 5.75 Å².